The molecule has 0 saturated carbocycles. The van der Waals surface area contributed by atoms with E-state index in [1.54, 1.807) is 0 Å². The monoisotopic (exact) mass is 305 g/mol. The first kappa shape index (κ1) is 14.5. The maximum Gasteiger partial charge on any atom is 0.127 e. The molecule has 2 aromatic rings. The van der Waals surface area contributed by atoms with Gasteiger partial charge in [-0.1, -0.05) is 18.5 Å². The molecule has 0 amide bonds. The van der Waals surface area contributed by atoms with Gasteiger partial charge in [-0.15, -0.1) is 0 Å². The van der Waals surface area contributed by atoms with E-state index in [0.29, 0.717) is 0 Å². The largest absolute Gasteiger partial charge is 0.493 e. The van der Waals surface area contributed by atoms with Crippen LogP contribution in [0.5, 0.6) is 5.75 Å². The van der Waals surface area contributed by atoms with Crippen LogP contribution in [0, 0.1) is 6.92 Å². The van der Waals surface area contributed by atoms with Gasteiger partial charge in [0.05, 0.1) is 12.6 Å². The van der Waals surface area contributed by atoms with Crippen LogP contribution in [0.15, 0.2) is 28.7 Å². The molecule has 21 heavy (non-hydrogen) atoms. The summed E-state index contributed by atoms with van der Waals surface area (Å²) in [6.07, 6.45) is 1.97. The number of benzene rings is 1. The number of nitrogens with one attached hydrogen (secondary N) is 1. The fourth-order valence-corrected chi connectivity index (χ4v) is 3.02. The molecule has 1 unspecified atom stereocenters. The van der Waals surface area contributed by atoms with Crippen LogP contribution >= 0.6 is 11.6 Å². The third-order valence-corrected chi connectivity index (χ3v) is 3.95. The lowest BCUT2D eigenvalue weighted by Crippen LogP contribution is -2.23. The Balaban J connectivity index is 2.04. The van der Waals surface area contributed by atoms with Gasteiger partial charge in [0.15, 0.2) is 0 Å². The van der Waals surface area contributed by atoms with Crippen LogP contribution in [-0.4, -0.2) is 13.2 Å². The van der Waals surface area contributed by atoms with E-state index in [4.69, 9.17) is 20.8 Å². The van der Waals surface area contributed by atoms with Crippen molar-refractivity contribution in [2.75, 3.05) is 13.2 Å². The van der Waals surface area contributed by atoms with E-state index >= 15 is 0 Å². The molecule has 0 fully saturated rings. The van der Waals surface area contributed by atoms with E-state index in [9.17, 15) is 0 Å². The first-order valence-corrected chi connectivity index (χ1v) is 7.81. The molecular weight excluding hydrogens is 286 g/mol. The molecule has 2 heterocycles. The molecule has 1 aromatic carbocycles. The third kappa shape index (κ3) is 2.94. The molecule has 112 valence electrons. The van der Waals surface area contributed by atoms with Gasteiger partial charge < -0.3 is 14.5 Å². The first-order chi connectivity index (χ1) is 10.2. The lowest BCUT2D eigenvalue weighted by molar-refractivity contribution is 0.346. The minimum atomic E-state index is -0.0239. The summed E-state index contributed by atoms with van der Waals surface area (Å²) in [5, 5.41) is 4.29. The first-order valence-electron chi connectivity index (χ1n) is 7.44. The topological polar surface area (TPSA) is 34.4 Å². The van der Waals surface area contributed by atoms with Crippen molar-refractivity contribution < 1.29 is 9.15 Å². The van der Waals surface area contributed by atoms with Crippen LogP contribution in [0.4, 0.5) is 0 Å². The maximum atomic E-state index is 6.29. The smallest absolute Gasteiger partial charge is 0.127 e. The lowest BCUT2D eigenvalue weighted by atomic mass is 10.00. The van der Waals surface area contributed by atoms with E-state index in [2.05, 4.69) is 12.2 Å². The summed E-state index contributed by atoms with van der Waals surface area (Å²) in [7, 11) is 0. The number of rotatable bonds is 5. The van der Waals surface area contributed by atoms with Crippen LogP contribution in [0.3, 0.4) is 0 Å². The van der Waals surface area contributed by atoms with Crippen molar-refractivity contribution >= 4 is 11.6 Å². The number of fused-ring (bicyclic) bond motifs is 1. The van der Waals surface area contributed by atoms with Crippen LogP contribution < -0.4 is 10.1 Å². The van der Waals surface area contributed by atoms with Crippen molar-refractivity contribution in [3.8, 4) is 5.75 Å². The molecule has 1 N–H and O–H groups in total. The lowest BCUT2D eigenvalue weighted by Gasteiger charge is -2.20. The van der Waals surface area contributed by atoms with Crippen molar-refractivity contribution in [1.29, 1.82) is 0 Å². The third-order valence-electron chi connectivity index (χ3n) is 3.73. The van der Waals surface area contributed by atoms with E-state index in [1.165, 1.54) is 5.56 Å². The van der Waals surface area contributed by atoms with Gasteiger partial charge >= 0.3 is 0 Å². The van der Waals surface area contributed by atoms with Gasteiger partial charge in [0.25, 0.3) is 0 Å². The Hall–Kier alpha value is -1.45. The molecule has 1 atom stereocenters. The fourth-order valence-electron chi connectivity index (χ4n) is 2.77. The highest BCUT2D eigenvalue weighted by Crippen LogP contribution is 2.39. The SMILES string of the molecule is CCCNC(c1ccc(C)o1)c1cc(Cl)cc2c1OCC2. The summed E-state index contributed by atoms with van der Waals surface area (Å²) < 4.78 is 11.7. The van der Waals surface area contributed by atoms with Crippen LogP contribution in [-0.2, 0) is 6.42 Å². The summed E-state index contributed by atoms with van der Waals surface area (Å²) in [5.74, 6) is 2.77. The molecule has 0 saturated heterocycles. The minimum Gasteiger partial charge on any atom is -0.493 e. The highest BCUT2D eigenvalue weighted by molar-refractivity contribution is 6.30. The van der Waals surface area contributed by atoms with Crippen molar-refractivity contribution in [1.82, 2.24) is 5.32 Å². The Morgan fingerprint density at radius 2 is 2.19 bits per heavy atom. The Bertz CT molecular complexity index is 636. The molecule has 0 bridgehead atoms. The fraction of sp³-hybridized carbons (Fsp3) is 0.412. The molecule has 3 nitrogen and oxygen atoms in total. The van der Waals surface area contributed by atoms with Crippen molar-refractivity contribution in [2.45, 2.75) is 32.7 Å². The van der Waals surface area contributed by atoms with Gasteiger partial charge in [-0.2, -0.15) is 0 Å². The van der Waals surface area contributed by atoms with Crippen molar-refractivity contribution in [3.05, 3.63) is 51.9 Å². The highest BCUT2D eigenvalue weighted by Gasteiger charge is 2.26. The van der Waals surface area contributed by atoms with Crippen LogP contribution in [0.1, 0.15) is 42.0 Å². The van der Waals surface area contributed by atoms with Gasteiger partial charge in [0, 0.05) is 17.0 Å². The molecule has 1 aliphatic rings. The molecule has 3 rings (SSSR count). The van der Waals surface area contributed by atoms with E-state index < -0.39 is 0 Å². The van der Waals surface area contributed by atoms with E-state index in [1.807, 2.05) is 31.2 Å². The predicted octanol–water partition coefficient (Wildman–Crippen LogP) is 4.27. The number of ether oxygens (including phenoxy) is 1. The summed E-state index contributed by atoms with van der Waals surface area (Å²) in [6, 6.07) is 7.96. The van der Waals surface area contributed by atoms with Crippen LogP contribution in [0.25, 0.3) is 0 Å². The van der Waals surface area contributed by atoms with Crippen molar-refractivity contribution in [3.63, 3.8) is 0 Å². The molecule has 4 heteroatoms. The maximum absolute atomic E-state index is 6.29. The van der Waals surface area contributed by atoms with Crippen LogP contribution in [0.2, 0.25) is 5.02 Å². The average Bonchev–Trinajstić information content (AvgIpc) is 3.08. The Kier molecular flexibility index (Phi) is 4.22. The zero-order chi connectivity index (χ0) is 14.8. The average molecular weight is 306 g/mol. The quantitative estimate of drug-likeness (QED) is 0.896. The molecule has 0 radical (unpaired) electrons. The number of hydrogen-bond donors (Lipinski definition) is 1. The number of hydrogen-bond acceptors (Lipinski definition) is 3. The summed E-state index contributed by atoms with van der Waals surface area (Å²) in [6.45, 7) is 5.74. The number of halogens is 1. The second-order valence-electron chi connectivity index (χ2n) is 5.42. The highest BCUT2D eigenvalue weighted by atomic mass is 35.5. The second-order valence-corrected chi connectivity index (χ2v) is 5.85. The molecular formula is C17H20ClNO2. The van der Waals surface area contributed by atoms with Crippen molar-refractivity contribution in [2.24, 2.45) is 0 Å². The zero-order valence-corrected chi connectivity index (χ0v) is 13.2. The predicted molar refractivity (Wildman–Crippen MR) is 84.2 cm³/mol. The van der Waals surface area contributed by atoms with Gasteiger partial charge in [0.2, 0.25) is 0 Å². The van der Waals surface area contributed by atoms with Gasteiger partial charge in [-0.05, 0) is 49.7 Å². The van der Waals surface area contributed by atoms with Gasteiger partial charge in [0.1, 0.15) is 17.3 Å². The van der Waals surface area contributed by atoms with E-state index in [0.717, 1.165) is 53.8 Å². The van der Waals surface area contributed by atoms with E-state index in [-0.39, 0.29) is 6.04 Å². The zero-order valence-electron chi connectivity index (χ0n) is 12.4. The molecule has 0 aliphatic carbocycles. The summed E-state index contributed by atoms with van der Waals surface area (Å²) >= 11 is 6.29. The molecule has 0 spiro atoms. The van der Waals surface area contributed by atoms with Gasteiger partial charge in [-0.3, -0.25) is 0 Å². The number of furan rings is 1. The van der Waals surface area contributed by atoms with Gasteiger partial charge in [-0.25, -0.2) is 0 Å². The number of aryl methyl sites for hydroxylation is 1. The molecule has 1 aliphatic heterocycles. The minimum absolute atomic E-state index is 0.0239. The Morgan fingerprint density at radius 3 is 2.90 bits per heavy atom. The second kappa shape index (κ2) is 6.12. The summed E-state index contributed by atoms with van der Waals surface area (Å²) in [4.78, 5) is 0. The Morgan fingerprint density at radius 1 is 1.33 bits per heavy atom. The Labute approximate surface area is 130 Å². The normalized spacial score (nSPS) is 14.8. The standard InChI is InChI=1S/C17H20ClNO2/c1-3-7-19-16(15-5-4-11(2)21-15)14-10-13(18)9-12-6-8-20-17(12)14/h4-5,9-10,16,19H,3,6-8H2,1-2H3. The summed E-state index contributed by atoms with van der Waals surface area (Å²) in [5.41, 5.74) is 2.25. The molecule has 1 aromatic heterocycles.